The highest BCUT2D eigenvalue weighted by molar-refractivity contribution is 6.10. The molecule has 14 heavy (non-hydrogen) atoms. The molecule has 3 nitrogen and oxygen atoms in total. The van der Waals surface area contributed by atoms with Crippen molar-refractivity contribution in [3.05, 3.63) is 35.9 Å². The summed E-state index contributed by atoms with van der Waals surface area (Å²) in [5.41, 5.74) is 0.620. The normalized spacial score (nSPS) is 20.6. The molecule has 1 saturated heterocycles. The maximum absolute atomic E-state index is 11.8. The lowest BCUT2D eigenvalue weighted by Crippen LogP contribution is -2.25. The number of ketones is 1. The minimum Gasteiger partial charge on any atom is -0.355 e. The highest BCUT2D eigenvalue weighted by Gasteiger charge is 2.31. The molecule has 0 radical (unpaired) electrons. The summed E-state index contributed by atoms with van der Waals surface area (Å²) in [6, 6.07) is 8.95. The molecule has 1 aliphatic heterocycles. The van der Waals surface area contributed by atoms with Crippen molar-refractivity contribution >= 4 is 11.7 Å². The maximum Gasteiger partial charge on any atom is 0.231 e. The van der Waals surface area contributed by atoms with Crippen molar-refractivity contribution in [1.29, 1.82) is 0 Å². The van der Waals surface area contributed by atoms with Crippen LogP contribution in [0.15, 0.2) is 30.3 Å². The SMILES string of the molecule is O=C1NCCC1C(=O)c1ccccc1. The van der Waals surface area contributed by atoms with Gasteiger partial charge in [0.1, 0.15) is 5.92 Å². The first-order valence-corrected chi connectivity index (χ1v) is 4.66. The van der Waals surface area contributed by atoms with Gasteiger partial charge in [-0.15, -0.1) is 0 Å². The summed E-state index contributed by atoms with van der Waals surface area (Å²) in [6.45, 7) is 0.613. The Kier molecular flexibility index (Phi) is 2.31. The van der Waals surface area contributed by atoms with Gasteiger partial charge < -0.3 is 5.32 Å². The molecule has 1 heterocycles. The van der Waals surface area contributed by atoms with Gasteiger partial charge in [0.25, 0.3) is 0 Å². The second kappa shape index (κ2) is 3.62. The number of rotatable bonds is 2. The van der Waals surface area contributed by atoms with E-state index in [0.29, 0.717) is 18.5 Å². The van der Waals surface area contributed by atoms with Gasteiger partial charge in [-0.25, -0.2) is 0 Å². The smallest absolute Gasteiger partial charge is 0.231 e. The highest BCUT2D eigenvalue weighted by Crippen LogP contribution is 2.16. The first kappa shape index (κ1) is 8.94. The fourth-order valence-electron chi connectivity index (χ4n) is 1.65. The number of carbonyl (C=O) groups is 2. The molecule has 1 N–H and O–H groups in total. The topological polar surface area (TPSA) is 46.2 Å². The molecule has 2 rings (SSSR count). The zero-order chi connectivity index (χ0) is 9.97. The van der Waals surface area contributed by atoms with Crippen molar-refractivity contribution < 1.29 is 9.59 Å². The van der Waals surface area contributed by atoms with Crippen LogP contribution in [0.2, 0.25) is 0 Å². The van der Waals surface area contributed by atoms with Crippen molar-refractivity contribution in [3.8, 4) is 0 Å². The average molecular weight is 189 g/mol. The van der Waals surface area contributed by atoms with Crippen LogP contribution in [0, 0.1) is 5.92 Å². The number of amides is 1. The third-order valence-corrected chi connectivity index (χ3v) is 2.42. The Labute approximate surface area is 82.1 Å². The Morgan fingerprint density at radius 3 is 2.57 bits per heavy atom. The molecule has 1 amide bonds. The van der Waals surface area contributed by atoms with Crippen molar-refractivity contribution in [2.24, 2.45) is 5.92 Å². The van der Waals surface area contributed by atoms with Gasteiger partial charge in [0.05, 0.1) is 0 Å². The Morgan fingerprint density at radius 2 is 2.00 bits per heavy atom. The van der Waals surface area contributed by atoms with Crippen LogP contribution < -0.4 is 5.32 Å². The van der Waals surface area contributed by atoms with E-state index in [1.54, 1.807) is 24.3 Å². The standard InChI is InChI=1S/C11H11NO2/c13-10(8-4-2-1-3-5-8)9-6-7-12-11(9)14/h1-5,9H,6-7H2,(H,12,14). The van der Waals surface area contributed by atoms with Gasteiger partial charge in [0.15, 0.2) is 5.78 Å². The van der Waals surface area contributed by atoms with Crippen LogP contribution >= 0.6 is 0 Å². The zero-order valence-corrected chi connectivity index (χ0v) is 7.69. The van der Waals surface area contributed by atoms with E-state index in [9.17, 15) is 9.59 Å². The number of Topliss-reactive ketones (excluding diaryl/α,β-unsaturated/α-hetero) is 1. The molecule has 0 aromatic heterocycles. The molecule has 0 aliphatic carbocycles. The average Bonchev–Trinajstić information content (AvgIpc) is 2.65. The number of carbonyl (C=O) groups excluding carboxylic acids is 2. The van der Waals surface area contributed by atoms with E-state index in [1.165, 1.54) is 0 Å². The Morgan fingerprint density at radius 1 is 1.29 bits per heavy atom. The van der Waals surface area contributed by atoms with E-state index in [1.807, 2.05) is 6.07 Å². The lowest BCUT2D eigenvalue weighted by molar-refractivity contribution is -0.121. The largest absolute Gasteiger partial charge is 0.355 e. The second-order valence-corrected chi connectivity index (χ2v) is 3.36. The van der Waals surface area contributed by atoms with E-state index in [0.717, 1.165) is 0 Å². The summed E-state index contributed by atoms with van der Waals surface area (Å²) in [4.78, 5) is 23.1. The minimum absolute atomic E-state index is 0.0689. The van der Waals surface area contributed by atoms with Gasteiger partial charge >= 0.3 is 0 Å². The quantitative estimate of drug-likeness (QED) is 0.557. The van der Waals surface area contributed by atoms with E-state index in [-0.39, 0.29) is 11.7 Å². The molecule has 1 atom stereocenters. The molecule has 3 heteroatoms. The molecular formula is C11H11NO2. The number of benzene rings is 1. The molecule has 0 spiro atoms. The summed E-state index contributed by atoms with van der Waals surface area (Å²) in [7, 11) is 0. The highest BCUT2D eigenvalue weighted by atomic mass is 16.2. The van der Waals surface area contributed by atoms with Gasteiger partial charge in [-0.3, -0.25) is 9.59 Å². The molecule has 1 aromatic rings. The van der Waals surface area contributed by atoms with Crippen molar-refractivity contribution in [1.82, 2.24) is 5.32 Å². The number of hydrogen-bond acceptors (Lipinski definition) is 2. The summed E-state index contributed by atoms with van der Waals surface area (Å²) in [5.74, 6) is -0.683. The van der Waals surface area contributed by atoms with Gasteiger partial charge in [-0.1, -0.05) is 30.3 Å². The minimum atomic E-state index is -0.475. The van der Waals surface area contributed by atoms with Crippen LogP contribution in [0.1, 0.15) is 16.8 Å². The van der Waals surface area contributed by atoms with Crippen LogP contribution in [0.3, 0.4) is 0 Å². The maximum atomic E-state index is 11.8. The van der Waals surface area contributed by atoms with Crippen LogP contribution in [-0.4, -0.2) is 18.2 Å². The van der Waals surface area contributed by atoms with E-state index >= 15 is 0 Å². The predicted molar refractivity (Wildman–Crippen MR) is 51.9 cm³/mol. The van der Waals surface area contributed by atoms with Crippen molar-refractivity contribution in [3.63, 3.8) is 0 Å². The number of hydrogen-bond donors (Lipinski definition) is 1. The summed E-state index contributed by atoms with van der Waals surface area (Å²) < 4.78 is 0. The third kappa shape index (κ3) is 1.53. The van der Waals surface area contributed by atoms with Gasteiger partial charge in [0.2, 0.25) is 5.91 Å². The van der Waals surface area contributed by atoms with Gasteiger partial charge in [-0.05, 0) is 6.42 Å². The Balaban J connectivity index is 2.20. The number of nitrogens with one attached hydrogen (secondary N) is 1. The van der Waals surface area contributed by atoms with Crippen LogP contribution in [0.5, 0.6) is 0 Å². The van der Waals surface area contributed by atoms with E-state index in [2.05, 4.69) is 5.32 Å². The van der Waals surface area contributed by atoms with Gasteiger partial charge in [-0.2, -0.15) is 0 Å². The van der Waals surface area contributed by atoms with E-state index < -0.39 is 5.92 Å². The van der Waals surface area contributed by atoms with Crippen molar-refractivity contribution in [2.45, 2.75) is 6.42 Å². The predicted octanol–water partition coefficient (Wildman–Crippen LogP) is 1.01. The second-order valence-electron chi connectivity index (χ2n) is 3.36. The molecule has 1 fully saturated rings. The molecule has 1 aliphatic rings. The van der Waals surface area contributed by atoms with E-state index in [4.69, 9.17) is 0 Å². The van der Waals surface area contributed by atoms with Crippen LogP contribution in [0.25, 0.3) is 0 Å². The molecule has 0 saturated carbocycles. The lowest BCUT2D eigenvalue weighted by Gasteiger charge is -2.04. The fourth-order valence-corrected chi connectivity index (χ4v) is 1.65. The van der Waals surface area contributed by atoms with Crippen LogP contribution in [-0.2, 0) is 4.79 Å². The molecular weight excluding hydrogens is 178 g/mol. The Bertz CT molecular complexity index is 359. The summed E-state index contributed by atoms with van der Waals surface area (Å²) in [6.07, 6.45) is 0.618. The lowest BCUT2D eigenvalue weighted by atomic mass is 9.96. The first-order valence-electron chi connectivity index (χ1n) is 4.66. The molecule has 0 bridgehead atoms. The monoisotopic (exact) mass is 189 g/mol. The molecule has 1 aromatic carbocycles. The van der Waals surface area contributed by atoms with Gasteiger partial charge in [0, 0.05) is 12.1 Å². The first-order chi connectivity index (χ1) is 6.79. The Hall–Kier alpha value is -1.64. The van der Waals surface area contributed by atoms with Crippen molar-refractivity contribution in [2.75, 3.05) is 6.54 Å². The molecule has 72 valence electrons. The third-order valence-electron chi connectivity index (χ3n) is 2.42. The summed E-state index contributed by atoms with van der Waals surface area (Å²) >= 11 is 0. The molecule has 1 unspecified atom stereocenters. The fraction of sp³-hybridized carbons (Fsp3) is 0.273. The zero-order valence-electron chi connectivity index (χ0n) is 7.69. The van der Waals surface area contributed by atoms with Crippen LogP contribution in [0.4, 0.5) is 0 Å². The summed E-state index contributed by atoms with van der Waals surface area (Å²) in [5, 5.41) is 2.66.